The number of nitro groups is 1. The number of halogens is 2. The van der Waals surface area contributed by atoms with Crippen LogP contribution in [0.2, 0.25) is 10.0 Å². The van der Waals surface area contributed by atoms with E-state index in [0.29, 0.717) is 25.5 Å². The highest BCUT2D eigenvalue weighted by Gasteiger charge is 2.19. The number of nitrogen functional groups attached to an aromatic ring is 1. The summed E-state index contributed by atoms with van der Waals surface area (Å²) in [6.45, 7) is 0. The second kappa shape index (κ2) is 13.2. The summed E-state index contributed by atoms with van der Waals surface area (Å²) in [6, 6.07) is 21.6. The number of anilines is 1. The van der Waals surface area contributed by atoms with Crippen molar-refractivity contribution >= 4 is 78.1 Å². The molecule has 0 unspecified atom stereocenters. The van der Waals surface area contributed by atoms with Crippen LogP contribution in [0.5, 0.6) is 0 Å². The minimum atomic E-state index is -3.92. The number of nitrogens with two attached hydrogens (primary N) is 3. The molecule has 4 rings (SSSR count). The van der Waals surface area contributed by atoms with Gasteiger partial charge in [-0.05, 0) is 78.9 Å². The minimum Gasteiger partial charge on any atom is -0.398 e. The van der Waals surface area contributed by atoms with Crippen LogP contribution in [0.15, 0.2) is 114 Å². The van der Waals surface area contributed by atoms with E-state index in [1.165, 1.54) is 36.0 Å². The number of primary sulfonamides is 2. The van der Waals surface area contributed by atoms with Crippen LogP contribution in [0, 0.1) is 10.1 Å². The number of benzene rings is 4. The van der Waals surface area contributed by atoms with Crippen molar-refractivity contribution < 1.29 is 21.8 Å². The molecule has 10 nitrogen and oxygen atoms in total. The molecule has 0 fully saturated rings. The van der Waals surface area contributed by atoms with E-state index in [9.17, 15) is 26.9 Å². The lowest BCUT2D eigenvalue weighted by Crippen LogP contribution is -2.12. The Kier molecular flexibility index (Phi) is 10.5. The Balaban J connectivity index is 0.000000222. The molecular formula is C24H20Cl2N4O6S4. The van der Waals surface area contributed by atoms with Gasteiger partial charge in [0, 0.05) is 36.5 Å². The summed E-state index contributed by atoms with van der Waals surface area (Å²) in [5, 5.41) is 22.3. The lowest BCUT2D eigenvalue weighted by molar-refractivity contribution is -0.387. The first-order chi connectivity index (χ1) is 18.6. The highest BCUT2D eigenvalue weighted by Crippen LogP contribution is 2.37. The maximum Gasteiger partial charge on any atom is 0.283 e. The van der Waals surface area contributed by atoms with E-state index < -0.39 is 25.0 Å². The molecule has 0 aliphatic carbocycles. The van der Waals surface area contributed by atoms with E-state index >= 15 is 0 Å². The molecule has 6 N–H and O–H groups in total. The van der Waals surface area contributed by atoms with Gasteiger partial charge in [0.1, 0.15) is 0 Å². The Morgan fingerprint density at radius 2 is 1.05 bits per heavy atom. The van der Waals surface area contributed by atoms with Gasteiger partial charge in [0.05, 0.1) is 19.6 Å². The lowest BCUT2D eigenvalue weighted by atomic mass is 10.3. The van der Waals surface area contributed by atoms with Crippen molar-refractivity contribution in [2.24, 2.45) is 10.3 Å². The zero-order valence-electron chi connectivity index (χ0n) is 20.1. The molecule has 210 valence electrons. The maximum atomic E-state index is 11.3. The minimum absolute atomic E-state index is 0.0400. The van der Waals surface area contributed by atoms with E-state index in [2.05, 4.69) is 0 Å². The molecule has 0 saturated carbocycles. The molecule has 0 atom stereocenters. The summed E-state index contributed by atoms with van der Waals surface area (Å²) in [5.74, 6) is 0. The summed E-state index contributed by atoms with van der Waals surface area (Å²) < 4.78 is 45.3. The summed E-state index contributed by atoms with van der Waals surface area (Å²) in [5.41, 5.74) is 6.13. The molecule has 16 heteroatoms. The van der Waals surface area contributed by atoms with Gasteiger partial charge in [-0.1, -0.05) is 46.7 Å². The predicted molar refractivity (Wildman–Crippen MR) is 158 cm³/mol. The van der Waals surface area contributed by atoms with Gasteiger partial charge in [-0.15, -0.1) is 0 Å². The predicted octanol–water partition coefficient (Wildman–Crippen LogP) is 5.77. The van der Waals surface area contributed by atoms with Crippen LogP contribution in [0.3, 0.4) is 0 Å². The number of hydrogen-bond donors (Lipinski definition) is 3. The molecule has 0 aromatic heterocycles. The first-order valence-corrected chi connectivity index (χ1v) is 16.2. The Morgan fingerprint density at radius 3 is 1.48 bits per heavy atom. The molecule has 4 aromatic carbocycles. The number of nitrogens with zero attached hydrogens (tertiary/aromatic N) is 1. The van der Waals surface area contributed by atoms with Crippen LogP contribution in [-0.4, -0.2) is 21.8 Å². The number of rotatable bonds is 7. The SMILES string of the molecule is NS(=O)(=O)c1ccc([N+](=O)[O-])c(Sc2ccc(Cl)cc2)c1.Nc1ccc(S(N)(=O)=O)cc1Sc1ccc(Cl)cc1. The Labute approximate surface area is 249 Å². The normalized spacial score (nSPS) is 11.4. The molecular weight excluding hydrogens is 639 g/mol. The van der Waals surface area contributed by atoms with Crippen molar-refractivity contribution in [1.29, 1.82) is 0 Å². The van der Waals surface area contributed by atoms with E-state index in [1.807, 2.05) is 12.1 Å². The molecule has 0 aliphatic heterocycles. The van der Waals surface area contributed by atoms with Crippen molar-refractivity contribution in [2.75, 3.05) is 5.73 Å². The van der Waals surface area contributed by atoms with Crippen molar-refractivity contribution in [2.45, 2.75) is 29.4 Å². The Bertz CT molecular complexity index is 1750. The smallest absolute Gasteiger partial charge is 0.283 e. The molecule has 0 spiro atoms. The Morgan fingerprint density at radius 1 is 0.650 bits per heavy atom. The molecule has 0 heterocycles. The average Bonchev–Trinajstić information content (AvgIpc) is 2.87. The first kappa shape index (κ1) is 31.7. The number of sulfonamides is 2. The van der Waals surface area contributed by atoms with Gasteiger partial charge < -0.3 is 5.73 Å². The summed E-state index contributed by atoms with van der Waals surface area (Å²) in [6.07, 6.45) is 0. The van der Waals surface area contributed by atoms with Gasteiger partial charge in [-0.3, -0.25) is 10.1 Å². The van der Waals surface area contributed by atoms with Crippen molar-refractivity contribution in [3.05, 3.63) is 105 Å². The monoisotopic (exact) mass is 658 g/mol. The van der Waals surface area contributed by atoms with Crippen LogP contribution in [0.1, 0.15) is 0 Å². The van der Waals surface area contributed by atoms with Crippen molar-refractivity contribution in [3.63, 3.8) is 0 Å². The molecule has 0 saturated heterocycles. The van der Waals surface area contributed by atoms with Crippen LogP contribution < -0.4 is 16.0 Å². The highest BCUT2D eigenvalue weighted by molar-refractivity contribution is 7.99. The quantitative estimate of drug-likeness (QED) is 0.126. The molecule has 0 amide bonds. The van der Waals surface area contributed by atoms with Crippen LogP contribution in [0.4, 0.5) is 11.4 Å². The number of hydrogen-bond acceptors (Lipinski definition) is 9. The second-order valence-electron chi connectivity index (χ2n) is 7.79. The summed E-state index contributed by atoms with van der Waals surface area (Å²) >= 11 is 14.0. The van der Waals surface area contributed by atoms with Crippen LogP contribution in [-0.2, 0) is 20.0 Å². The average molecular weight is 660 g/mol. The van der Waals surface area contributed by atoms with Gasteiger partial charge in [0.15, 0.2) is 0 Å². The third-order valence-corrected chi connectivity index (χ3v) is 9.32. The maximum absolute atomic E-state index is 11.3. The second-order valence-corrected chi connectivity index (χ2v) is 14.0. The zero-order valence-corrected chi connectivity index (χ0v) is 24.9. The van der Waals surface area contributed by atoms with Crippen molar-refractivity contribution in [3.8, 4) is 0 Å². The number of nitro benzene ring substituents is 1. The largest absolute Gasteiger partial charge is 0.398 e. The fraction of sp³-hybridized carbons (Fsp3) is 0. The molecule has 40 heavy (non-hydrogen) atoms. The summed E-state index contributed by atoms with van der Waals surface area (Å²) in [4.78, 5) is 12.7. The molecule has 0 bridgehead atoms. The van der Waals surface area contributed by atoms with Gasteiger partial charge in [0.25, 0.3) is 5.69 Å². The van der Waals surface area contributed by atoms with Crippen LogP contribution in [0.25, 0.3) is 0 Å². The standard InChI is InChI=1S/C12H9ClN2O4S2.C12H11ClN2O2S2/c13-8-1-3-9(4-2-8)20-12-7-10(21(14,18)19)5-6-11(12)15(16)17;13-8-1-3-9(4-2-8)18-12-7-10(19(15,16)17)5-6-11(12)14/h1-7H,(H2,14,18,19);1-7H,14H2,(H2,15,16,17). The van der Waals surface area contributed by atoms with Crippen LogP contribution >= 0.6 is 46.7 Å². The van der Waals surface area contributed by atoms with Gasteiger partial charge in [-0.2, -0.15) is 0 Å². The highest BCUT2D eigenvalue weighted by atomic mass is 35.5. The third-order valence-electron chi connectivity index (χ3n) is 4.85. The fourth-order valence-electron chi connectivity index (χ4n) is 2.94. The van der Waals surface area contributed by atoms with Gasteiger partial charge in [0.2, 0.25) is 20.0 Å². The summed E-state index contributed by atoms with van der Waals surface area (Å²) in [7, 11) is -7.65. The van der Waals surface area contributed by atoms with E-state index in [-0.39, 0.29) is 20.4 Å². The van der Waals surface area contributed by atoms with E-state index in [4.69, 9.17) is 39.2 Å². The topological polar surface area (TPSA) is 189 Å². The van der Waals surface area contributed by atoms with Gasteiger partial charge >= 0.3 is 0 Å². The van der Waals surface area contributed by atoms with Gasteiger partial charge in [-0.25, -0.2) is 27.1 Å². The molecule has 4 aromatic rings. The van der Waals surface area contributed by atoms with Crippen molar-refractivity contribution in [1.82, 2.24) is 0 Å². The van der Waals surface area contributed by atoms with E-state index in [0.717, 1.165) is 28.8 Å². The lowest BCUT2D eigenvalue weighted by Gasteiger charge is -2.07. The fourth-order valence-corrected chi connectivity index (χ4v) is 6.28. The van der Waals surface area contributed by atoms with E-state index in [1.54, 1.807) is 36.4 Å². The molecule has 0 aliphatic rings. The third kappa shape index (κ3) is 9.11. The zero-order chi connectivity index (χ0) is 29.7. The molecule has 0 radical (unpaired) electrons. The Hall–Kier alpha value is -2.82. The first-order valence-electron chi connectivity index (χ1n) is 10.7.